The highest BCUT2D eigenvalue weighted by Crippen LogP contribution is 2.10. The fourth-order valence-corrected chi connectivity index (χ4v) is 0.827. The van der Waals surface area contributed by atoms with Gasteiger partial charge in [-0.25, -0.2) is 0 Å². The van der Waals surface area contributed by atoms with Crippen LogP contribution < -0.4 is 15.4 Å². The number of hydrogen-bond acceptors (Lipinski definition) is 6. The van der Waals surface area contributed by atoms with Gasteiger partial charge in [0.05, 0.1) is 0 Å². The molecule has 0 fully saturated rings. The Morgan fingerprint density at radius 3 is 2.73 bits per heavy atom. The Balaban J connectivity index is 2.76. The minimum Gasteiger partial charge on any atom is -0.462 e. The zero-order chi connectivity index (χ0) is 11.3. The summed E-state index contributed by atoms with van der Waals surface area (Å²) < 4.78 is 5.21. The van der Waals surface area contributed by atoms with E-state index in [2.05, 4.69) is 20.9 Å². The summed E-state index contributed by atoms with van der Waals surface area (Å²) in [6, 6.07) is 0.196. The van der Waals surface area contributed by atoms with E-state index in [1.54, 1.807) is 19.0 Å². The number of nitrogens with zero attached hydrogens (tertiary/aromatic N) is 4. The average molecular weight is 207 g/mol. The average Bonchev–Trinajstić information content (AvgIpc) is 2.17. The molecule has 0 bridgehead atoms. The first-order valence-corrected chi connectivity index (χ1v) is 4.38. The summed E-state index contributed by atoms with van der Waals surface area (Å²) in [5.74, 6) is 3.04. The molecular formula is C9H13N5O. The monoisotopic (exact) mass is 207 g/mol. The van der Waals surface area contributed by atoms with Crippen molar-refractivity contribution in [2.45, 2.75) is 6.42 Å². The second kappa shape index (κ2) is 5.00. The topological polar surface area (TPSA) is 77.2 Å². The highest BCUT2D eigenvalue weighted by atomic mass is 16.5. The molecule has 0 saturated carbocycles. The van der Waals surface area contributed by atoms with Gasteiger partial charge in [-0.1, -0.05) is 0 Å². The first-order chi connectivity index (χ1) is 7.13. The number of nitrogen functional groups attached to an aromatic ring is 1. The van der Waals surface area contributed by atoms with Gasteiger partial charge >= 0.3 is 6.01 Å². The lowest BCUT2D eigenvalue weighted by Gasteiger charge is -2.11. The largest absolute Gasteiger partial charge is 0.462 e. The second-order valence-electron chi connectivity index (χ2n) is 2.97. The minimum absolute atomic E-state index is 0.129. The van der Waals surface area contributed by atoms with Crippen LogP contribution in [-0.4, -0.2) is 35.7 Å². The molecule has 0 aliphatic heterocycles. The van der Waals surface area contributed by atoms with E-state index in [0.29, 0.717) is 19.0 Å². The molecule has 0 unspecified atom stereocenters. The van der Waals surface area contributed by atoms with E-state index in [-0.39, 0.29) is 12.0 Å². The van der Waals surface area contributed by atoms with Crippen molar-refractivity contribution in [1.82, 2.24) is 15.0 Å². The molecule has 1 aromatic heterocycles. The molecule has 6 nitrogen and oxygen atoms in total. The fraction of sp³-hybridized carbons (Fsp3) is 0.444. The smallest absolute Gasteiger partial charge is 0.323 e. The van der Waals surface area contributed by atoms with Crippen LogP contribution >= 0.6 is 0 Å². The lowest BCUT2D eigenvalue weighted by molar-refractivity contribution is 0.300. The van der Waals surface area contributed by atoms with Gasteiger partial charge in [0.15, 0.2) is 0 Å². The number of ether oxygens (including phenoxy) is 1. The van der Waals surface area contributed by atoms with Crippen LogP contribution in [0, 0.1) is 12.3 Å². The van der Waals surface area contributed by atoms with Crippen LogP contribution in [0.25, 0.3) is 0 Å². The van der Waals surface area contributed by atoms with Crippen LogP contribution in [-0.2, 0) is 0 Å². The number of rotatable bonds is 4. The molecule has 15 heavy (non-hydrogen) atoms. The van der Waals surface area contributed by atoms with E-state index in [1.165, 1.54) is 0 Å². The standard InChI is InChI=1S/C9H13N5O/c1-4-5-6-15-9-12-7(10)11-8(13-9)14(2)3/h1H,5-6H2,2-3H3,(H2,10,11,12,13). The van der Waals surface area contributed by atoms with E-state index in [1.807, 2.05) is 0 Å². The quantitative estimate of drug-likeness (QED) is 0.549. The zero-order valence-corrected chi connectivity index (χ0v) is 8.77. The Bertz CT molecular complexity index is 371. The third-order valence-corrected chi connectivity index (χ3v) is 1.50. The summed E-state index contributed by atoms with van der Waals surface area (Å²) in [6.07, 6.45) is 5.59. The van der Waals surface area contributed by atoms with Gasteiger partial charge in [-0.05, 0) is 0 Å². The first kappa shape index (κ1) is 11.0. The molecule has 0 atom stereocenters. The molecule has 1 heterocycles. The molecule has 6 heteroatoms. The van der Waals surface area contributed by atoms with Crippen LogP contribution in [0.15, 0.2) is 0 Å². The molecule has 0 spiro atoms. The van der Waals surface area contributed by atoms with Gasteiger partial charge in [-0.15, -0.1) is 12.3 Å². The Morgan fingerprint density at radius 1 is 1.40 bits per heavy atom. The summed E-state index contributed by atoms with van der Waals surface area (Å²) in [6.45, 7) is 0.368. The molecule has 0 saturated heterocycles. The predicted octanol–water partition coefficient (Wildman–Crippen LogP) is -0.0781. The van der Waals surface area contributed by atoms with Gasteiger partial charge in [0, 0.05) is 20.5 Å². The van der Waals surface area contributed by atoms with Crippen molar-refractivity contribution in [1.29, 1.82) is 0 Å². The van der Waals surface area contributed by atoms with Gasteiger partial charge in [0.2, 0.25) is 11.9 Å². The Morgan fingerprint density at radius 2 is 2.13 bits per heavy atom. The van der Waals surface area contributed by atoms with E-state index in [4.69, 9.17) is 16.9 Å². The van der Waals surface area contributed by atoms with Crippen molar-refractivity contribution in [2.24, 2.45) is 0 Å². The molecule has 0 aliphatic rings. The number of hydrogen-bond donors (Lipinski definition) is 1. The molecular weight excluding hydrogens is 194 g/mol. The van der Waals surface area contributed by atoms with Gasteiger partial charge in [0.1, 0.15) is 6.61 Å². The van der Waals surface area contributed by atoms with E-state index in [0.717, 1.165) is 0 Å². The highest BCUT2D eigenvalue weighted by Gasteiger charge is 2.06. The van der Waals surface area contributed by atoms with Crippen LogP contribution in [0.1, 0.15) is 6.42 Å². The van der Waals surface area contributed by atoms with Crippen molar-refractivity contribution in [3.63, 3.8) is 0 Å². The predicted molar refractivity (Wildman–Crippen MR) is 57.5 cm³/mol. The Kier molecular flexibility index (Phi) is 3.68. The zero-order valence-electron chi connectivity index (χ0n) is 8.77. The molecule has 80 valence electrons. The van der Waals surface area contributed by atoms with Crippen molar-refractivity contribution < 1.29 is 4.74 Å². The molecule has 0 amide bonds. The van der Waals surface area contributed by atoms with Crippen LogP contribution in [0.4, 0.5) is 11.9 Å². The fourth-order valence-electron chi connectivity index (χ4n) is 0.827. The summed E-state index contributed by atoms with van der Waals surface area (Å²) in [4.78, 5) is 13.5. The van der Waals surface area contributed by atoms with Crippen LogP contribution in [0.2, 0.25) is 0 Å². The van der Waals surface area contributed by atoms with Crippen molar-refractivity contribution in [3.05, 3.63) is 0 Å². The highest BCUT2D eigenvalue weighted by molar-refractivity contribution is 5.33. The third kappa shape index (κ3) is 3.31. The molecule has 0 aromatic carbocycles. The maximum atomic E-state index is 5.49. The SMILES string of the molecule is C#CCCOc1nc(N)nc(N(C)C)n1. The van der Waals surface area contributed by atoms with Crippen LogP contribution in [0.3, 0.4) is 0 Å². The van der Waals surface area contributed by atoms with Gasteiger partial charge in [-0.2, -0.15) is 15.0 Å². The maximum absolute atomic E-state index is 5.49. The molecule has 0 aliphatic carbocycles. The van der Waals surface area contributed by atoms with Crippen molar-refractivity contribution in [2.75, 3.05) is 31.3 Å². The van der Waals surface area contributed by atoms with E-state index >= 15 is 0 Å². The normalized spacial score (nSPS) is 9.40. The Labute approximate surface area is 88.5 Å². The minimum atomic E-state index is 0.129. The van der Waals surface area contributed by atoms with Gasteiger partial charge in [-0.3, -0.25) is 0 Å². The maximum Gasteiger partial charge on any atom is 0.323 e. The van der Waals surface area contributed by atoms with Gasteiger partial charge < -0.3 is 15.4 Å². The third-order valence-electron chi connectivity index (χ3n) is 1.50. The molecule has 1 aromatic rings. The first-order valence-electron chi connectivity index (χ1n) is 4.38. The number of nitrogens with two attached hydrogens (primary N) is 1. The van der Waals surface area contributed by atoms with E-state index < -0.39 is 0 Å². The van der Waals surface area contributed by atoms with Crippen molar-refractivity contribution >= 4 is 11.9 Å². The second-order valence-corrected chi connectivity index (χ2v) is 2.97. The lowest BCUT2D eigenvalue weighted by atomic mass is 10.5. The molecule has 0 radical (unpaired) electrons. The van der Waals surface area contributed by atoms with Gasteiger partial charge in [0.25, 0.3) is 0 Å². The molecule has 1 rings (SSSR count). The van der Waals surface area contributed by atoms with E-state index in [9.17, 15) is 0 Å². The summed E-state index contributed by atoms with van der Waals surface area (Å²) in [5.41, 5.74) is 5.49. The summed E-state index contributed by atoms with van der Waals surface area (Å²) in [5, 5.41) is 0. The number of aromatic nitrogens is 3. The number of terminal acetylenes is 1. The van der Waals surface area contributed by atoms with Crippen LogP contribution in [0.5, 0.6) is 6.01 Å². The molecule has 2 N–H and O–H groups in total. The Hall–Kier alpha value is -2.03. The summed E-state index contributed by atoms with van der Waals surface area (Å²) >= 11 is 0. The summed E-state index contributed by atoms with van der Waals surface area (Å²) in [7, 11) is 3.61. The van der Waals surface area contributed by atoms with Crippen molar-refractivity contribution in [3.8, 4) is 18.4 Å². The number of anilines is 2. The lowest BCUT2D eigenvalue weighted by Crippen LogP contribution is -2.15.